The van der Waals surface area contributed by atoms with E-state index in [1.165, 1.54) is 18.5 Å². The van der Waals surface area contributed by atoms with Gasteiger partial charge in [-0.2, -0.15) is 0 Å². The molecular weight excluding hydrogens is 386 g/mol. The summed E-state index contributed by atoms with van der Waals surface area (Å²) in [7, 11) is 2.20. The second kappa shape index (κ2) is 7.37. The van der Waals surface area contributed by atoms with Crippen LogP contribution in [0.25, 0.3) is 0 Å². The fourth-order valence-electron chi connectivity index (χ4n) is 4.83. The van der Waals surface area contributed by atoms with E-state index >= 15 is 0 Å². The number of halogens is 1. The smallest absolute Gasteiger partial charge is 0.253 e. The van der Waals surface area contributed by atoms with Crippen LogP contribution in [0.2, 0.25) is 5.15 Å². The predicted molar refractivity (Wildman–Crippen MR) is 114 cm³/mol. The third kappa shape index (κ3) is 3.44. The number of ether oxygens (including phenoxy) is 1. The second-order valence-electron chi connectivity index (χ2n) is 8.72. The fourth-order valence-corrected chi connectivity index (χ4v) is 5.07. The monoisotopic (exact) mass is 413 g/mol. The van der Waals surface area contributed by atoms with E-state index in [0.717, 1.165) is 68.0 Å². The van der Waals surface area contributed by atoms with E-state index in [9.17, 15) is 4.79 Å². The van der Waals surface area contributed by atoms with E-state index < -0.39 is 0 Å². The predicted octanol–water partition coefficient (Wildman–Crippen LogP) is 4.01. The van der Waals surface area contributed by atoms with Crippen LogP contribution in [0.5, 0.6) is 5.75 Å². The van der Waals surface area contributed by atoms with E-state index in [0.29, 0.717) is 0 Å². The minimum atomic E-state index is -0.0251. The van der Waals surface area contributed by atoms with Crippen LogP contribution < -0.4 is 4.74 Å². The van der Waals surface area contributed by atoms with Gasteiger partial charge in [-0.3, -0.25) is 9.69 Å². The summed E-state index contributed by atoms with van der Waals surface area (Å²) in [6.45, 7) is 4.22. The Labute approximate surface area is 177 Å². The molecule has 29 heavy (non-hydrogen) atoms. The number of benzene rings is 1. The molecule has 3 heterocycles. The standard InChI is InChI=1S/C23H28ClN3O2/c1-25-14-15-27-20(8-9-21(27)24)23(25)10-12-26(13-11-23)22(28)18-4-6-19(7-5-18)29-16-17-2-3-17/h4-9,17H,2-3,10-16H2,1H3. The van der Waals surface area contributed by atoms with E-state index in [4.69, 9.17) is 16.3 Å². The minimum Gasteiger partial charge on any atom is -0.493 e. The number of likely N-dealkylation sites (N-methyl/N-ethyl adjacent to an activating group) is 1. The molecule has 5 nitrogen and oxygen atoms in total. The number of carbonyl (C=O) groups excluding carboxylic acids is 1. The molecule has 1 aromatic heterocycles. The van der Waals surface area contributed by atoms with Crippen molar-refractivity contribution in [2.45, 2.75) is 37.8 Å². The van der Waals surface area contributed by atoms with Crippen LogP contribution in [0.4, 0.5) is 0 Å². The maximum absolute atomic E-state index is 13.0. The molecule has 0 unspecified atom stereocenters. The number of aromatic nitrogens is 1. The molecule has 0 N–H and O–H groups in total. The van der Waals surface area contributed by atoms with Crippen LogP contribution in [0.3, 0.4) is 0 Å². The molecule has 0 bridgehead atoms. The molecule has 1 saturated carbocycles. The van der Waals surface area contributed by atoms with Gasteiger partial charge in [-0.1, -0.05) is 11.6 Å². The van der Waals surface area contributed by atoms with Crippen molar-refractivity contribution in [3.05, 3.63) is 52.8 Å². The molecule has 0 atom stereocenters. The van der Waals surface area contributed by atoms with Gasteiger partial charge in [-0.15, -0.1) is 0 Å². The molecule has 2 aromatic rings. The highest BCUT2D eigenvalue weighted by Crippen LogP contribution is 2.42. The maximum Gasteiger partial charge on any atom is 0.253 e. The van der Waals surface area contributed by atoms with Gasteiger partial charge in [0.2, 0.25) is 0 Å². The quantitative estimate of drug-likeness (QED) is 0.760. The normalized spacial score (nSPS) is 21.2. The molecule has 1 amide bonds. The summed E-state index contributed by atoms with van der Waals surface area (Å²) < 4.78 is 8.02. The van der Waals surface area contributed by atoms with Crippen LogP contribution in [0.1, 0.15) is 41.7 Å². The molecule has 1 aliphatic carbocycles. The summed E-state index contributed by atoms with van der Waals surface area (Å²) in [5, 5.41) is 0.815. The Bertz CT molecular complexity index is 895. The number of fused-ring (bicyclic) bond motifs is 2. The number of nitrogens with zero attached hydrogens (tertiary/aromatic N) is 3. The Kier molecular flexibility index (Phi) is 4.83. The zero-order chi connectivity index (χ0) is 20.0. The summed E-state index contributed by atoms with van der Waals surface area (Å²) in [5.41, 5.74) is 2.01. The first kappa shape index (κ1) is 19.0. The number of hydrogen-bond donors (Lipinski definition) is 0. The van der Waals surface area contributed by atoms with Crippen molar-refractivity contribution < 1.29 is 9.53 Å². The third-order valence-corrected chi connectivity index (χ3v) is 7.29. The molecule has 2 aliphatic heterocycles. The molecule has 0 radical (unpaired) electrons. The molecular formula is C23H28ClN3O2. The van der Waals surface area contributed by atoms with Gasteiger partial charge in [-0.05, 0) is 75.0 Å². The Morgan fingerprint density at radius 1 is 1.07 bits per heavy atom. The Hall–Kier alpha value is -1.98. The number of rotatable bonds is 4. The Balaban J connectivity index is 1.26. The van der Waals surface area contributed by atoms with E-state index in [1.54, 1.807) is 0 Å². The minimum absolute atomic E-state index is 0.0251. The van der Waals surface area contributed by atoms with Gasteiger partial charge in [-0.25, -0.2) is 0 Å². The second-order valence-corrected chi connectivity index (χ2v) is 9.10. The van der Waals surface area contributed by atoms with Crippen LogP contribution in [-0.2, 0) is 12.1 Å². The lowest BCUT2D eigenvalue weighted by Crippen LogP contribution is -2.56. The van der Waals surface area contributed by atoms with E-state index in [2.05, 4.69) is 22.6 Å². The number of amides is 1. The van der Waals surface area contributed by atoms with Gasteiger partial charge >= 0.3 is 0 Å². The average molecular weight is 414 g/mol. The van der Waals surface area contributed by atoms with Crippen LogP contribution in [-0.4, -0.2) is 53.6 Å². The first-order valence-corrected chi connectivity index (χ1v) is 11.0. The van der Waals surface area contributed by atoms with Crippen molar-refractivity contribution in [3.8, 4) is 5.75 Å². The first-order chi connectivity index (χ1) is 14.1. The summed E-state index contributed by atoms with van der Waals surface area (Å²) in [5.74, 6) is 1.69. The van der Waals surface area contributed by atoms with Crippen molar-refractivity contribution in [2.24, 2.45) is 5.92 Å². The lowest BCUT2D eigenvalue weighted by molar-refractivity contribution is 0.0132. The molecule has 5 rings (SSSR count). The van der Waals surface area contributed by atoms with E-state index in [1.807, 2.05) is 35.2 Å². The molecule has 2 fully saturated rings. The summed E-state index contributed by atoms with van der Waals surface area (Å²) >= 11 is 6.39. The van der Waals surface area contributed by atoms with Gasteiger partial charge in [0.05, 0.1) is 12.1 Å². The number of piperidine rings is 1. The van der Waals surface area contributed by atoms with Gasteiger partial charge in [0.15, 0.2) is 0 Å². The topological polar surface area (TPSA) is 37.7 Å². The SMILES string of the molecule is CN1CCn2c(Cl)ccc2C12CCN(C(=O)c1ccc(OCC3CC3)cc1)CC2. The van der Waals surface area contributed by atoms with Gasteiger partial charge in [0, 0.05) is 37.4 Å². The summed E-state index contributed by atoms with van der Waals surface area (Å²) in [6, 6.07) is 11.8. The molecule has 3 aliphatic rings. The zero-order valence-electron chi connectivity index (χ0n) is 16.9. The highest BCUT2D eigenvalue weighted by molar-refractivity contribution is 6.29. The Morgan fingerprint density at radius 3 is 2.48 bits per heavy atom. The molecule has 1 saturated heterocycles. The molecule has 154 valence electrons. The highest BCUT2D eigenvalue weighted by atomic mass is 35.5. The fraction of sp³-hybridized carbons (Fsp3) is 0.522. The first-order valence-electron chi connectivity index (χ1n) is 10.7. The number of likely N-dealkylation sites (tertiary alicyclic amines) is 1. The van der Waals surface area contributed by atoms with Crippen molar-refractivity contribution in [2.75, 3.05) is 33.3 Å². The zero-order valence-corrected chi connectivity index (χ0v) is 17.7. The highest BCUT2D eigenvalue weighted by Gasteiger charge is 2.44. The molecule has 1 aromatic carbocycles. The van der Waals surface area contributed by atoms with Crippen molar-refractivity contribution >= 4 is 17.5 Å². The summed E-state index contributed by atoms with van der Waals surface area (Å²) in [6.07, 6.45) is 4.41. The third-order valence-electron chi connectivity index (χ3n) is 6.96. The largest absolute Gasteiger partial charge is 0.493 e. The Morgan fingerprint density at radius 2 is 1.79 bits per heavy atom. The van der Waals surface area contributed by atoms with Crippen LogP contribution >= 0.6 is 11.6 Å². The maximum atomic E-state index is 13.0. The lowest BCUT2D eigenvalue weighted by Gasteiger charge is -2.50. The van der Waals surface area contributed by atoms with Crippen LogP contribution in [0, 0.1) is 5.92 Å². The van der Waals surface area contributed by atoms with Crippen molar-refractivity contribution in [3.63, 3.8) is 0 Å². The molecule has 6 heteroatoms. The summed E-state index contributed by atoms with van der Waals surface area (Å²) in [4.78, 5) is 17.5. The lowest BCUT2D eigenvalue weighted by atomic mass is 9.81. The van der Waals surface area contributed by atoms with E-state index in [-0.39, 0.29) is 11.4 Å². The average Bonchev–Trinajstić information content (AvgIpc) is 3.51. The number of hydrogen-bond acceptors (Lipinski definition) is 3. The van der Waals surface area contributed by atoms with Crippen molar-refractivity contribution in [1.82, 2.24) is 14.4 Å². The van der Waals surface area contributed by atoms with Crippen LogP contribution in [0.15, 0.2) is 36.4 Å². The van der Waals surface area contributed by atoms with Gasteiger partial charge < -0.3 is 14.2 Å². The molecule has 1 spiro atoms. The number of carbonyl (C=O) groups is 1. The van der Waals surface area contributed by atoms with Gasteiger partial charge in [0.1, 0.15) is 10.9 Å². The van der Waals surface area contributed by atoms with Crippen molar-refractivity contribution in [1.29, 1.82) is 0 Å². The van der Waals surface area contributed by atoms with Gasteiger partial charge in [0.25, 0.3) is 5.91 Å².